The Hall–Kier alpha value is -2.67. The minimum Gasteiger partial charge on any atom is -0.455 e. The Morgan fingerprint density at radius 3 is 2.17 bits per heavy atom. The molecule has 1 heterocycles. The summed E-state index contributed by atoms with van der Waals surface area (Å²) in [5.41, 5.74) is 0.856. The van der Waals surface area contributed by atoms with E-state index >= 15 is 0 Å². The van der Waals surface area contributed by atoms with E-state index in [0.29, 0.717) is 24.9 Å². The lowest BCUT2D eigenvalue weighted by molar-refractivity contribution is -0.150. The number of para-hydroxylation sites is 1. The topological polar surface area (TPSA) is 80.8 Å². The number of esters is 1. The molecule has 2 fully saturated rings. The van der Waals surface area contributed by atoms with E-state index in [1.807, 2.05) is 36.4 Å². The highest BCUT2D eigenvalue weighted by molar-refractivity contribution is 7.91. The lowest BCUT2D eigenvalue weighted by atomic mass is 9.96. The van der Waals surface area contributed by atoms with Crippen LogP contribution in [0.1, 0.15) is 24.8 Å². The molecular weight excluding hydrogens is 390 g/mol. The van der Waals surface area contributed by atoms with Gasteiger partial charge in [0.15, 0.2) is 16.4 Å². The summed E-state index contributed by atoms with van der Waals surface area (Å²) in [4.78, 5) is 27.2. The fourth-order valence-corrected chi connectivity index (χ4v) is 5.65. The van der Waals surface area contributed by atoms with Crippen molar-refractivity contribution in [3.8, 4) is 0 Å². The molecule has 152 valence electrons. The van der Waals surface area contributed by atoms with E-state index in [0.717, 1.165) is 5.56 Å². The number of hydrogen-bond donors (Lipinski definition) is 0. The van der Waals surface area contributed by atoms with Crippen LogP contribution in [-0.2, 0) is 29.6 Å². The van der Waals surface area contributed by atoms with Crippen LogP contribution < -0.4 is 4.90 Å². The Bertz CT molecular complexity index is 1000. The summed E-state index contributed by atoms with van der Waals surface area (Å²) in [5, 5.41) is 0. The normalized spacial score (nSPS) is 21.3. The van der Waals surface area contributed by atoms with Gasteiger partial charge in [-0.05, 0) is 37.0 Å². The van der Waals surface area contributed by atoms with Crippen molar-refractivity contribution in [2.75, 3.05) is 23.0 Å². The Morgan fingerprint density at radius 1 is 1.00 bits per heavy atom. The van der Waals surface area contributed by atoms with Gasteiger partial charge >= 0.3 is 5.97 Å². The highest BCUT2D eigenvalue weighted by Gasteiger charge is 2.53. The summed E-state index contributed by atoms with van der Waals surface area (Å²) < 4.78 is 29.3. The van der Waals surface area contributed by atoms with Gasteiger partial charge in [-0.3, -0.25) is 9.59 Å². The fraction of sp³-hybridized carbons (Fsp3) is 0.364. The molecule has 0 unspecified atom stereocenters. The first-order valence-corrected chi connectivity index (χ1v) is 11.5. The Morgan fingerprint density at radius 2 is 1.62 bits per heavy atom. The minimum atomic E-state index is -3.16. The zero-order chi connectivity index (χ0) is 20.5. The number of carbonyl (C=O) groups is 2. The van der Waals surface area contributed by atoms with Crippen LogP contribution in [0, 0.1) is 0 Å². The van der Waals surface area contributed by atoms with Gasteiger partial charge in [0.2, 0.25) is 0 Å². The zero-order valence-electron chi connectivity index (χ0n) is 16.0. The van der Waals surface area contributed by atoms with E-state index in [1.54, 1.807) is 24.3 Å². The number of sulfone groups is 1. The first-order valence-electron chi connectivity index (χ1n) is 9.72. The minimum absolute atomic E-state index is 0.0607. The van der Waals surface area contributed by atoms with Gasteiger partial charge in [-0.15, -0.1) is 0 Å². The third-order valence-corrected chi connectivity index (χ3v) is 7.42. The van der Waals surface area contributed by atoms with Gasteiger partial charge in [-0.2, -0.15) is 0 Å². The van der Waals surface area contributed by atoms with Crippen molar-refractivity contribution < 1.29 is 22.7 Å². The smallest absolute Gasteiger partial charge is 0.317 e. The van der Waals surface area contributed by atoms with Crippen molar-refractivity contribution in [3.63, 3.8) is 0 Å². The second-order valence-corrected chi connectivity index (χ2v) is 9.91. The van der Waals surface area contributed by atoms with Gasteiger partial charge in [-0.1, -0.05) is 48.5 Å². The third kappa shape index (κ3) is 4.05. The predicted molar refractivity (Wildman–Crippen MR) is 109 cm³/mol. The molecule has 0 radical (unpaired) electrons. The lowest BCUT2D eigenvalue weighted by Gasteiger charge is -2.28. The van der Waals surface area contributed by atoms with Crippen LogP contribution in [-0.4, -0.2) is 44.4 Å². The van der Waals surface area contributed by atoms with Gasteiger partial charge in [-0.25, -0.2) is 8.42 Å². The average Bonchev–Trinajstić information content (AvgIpc) is 3.47. The molecule has 7 heteroatoms. The number of nitrogens with zero attached hydrogens (tertiary/aromatic N) is 1. The first kappa shape index (κ1) is 19.6. The summed E-state index contributed by atoms with van der Waals surface area (Å²) in [7, 11) is -3.16. The quantitative estimate of drug-likeness (QED) is 0.680. The van der Waals surface area contributed by atoms with Crippen molar-refractivity contribution in [2.24, 2.45) is 0 Å². The Balaban J connectivity index is 1.48. The van der Waals surface area contributed by atoms with E-state index in [1.165, 1.54) is 4.90 Å². The molecule has 0 aromatic heterocycles. The highest BCUT2D eigenvalue weighted by atomic mass is 32.2. The SMILES string of the molecule is O=C(COC(=O)C1(c2ccccc2)CC1)N(c1ccccc1)[C@H]1CCS(=O)(=O)C1. The molecule has 1 saturated heterocycles. The number of amides is 1. The Kier molecular flexibility index (Phi) is 5.17. The van der Waals surface area contributed by atoms with Gasteiger partial charge in [0.1, 0.15) is 0 Å². The standard InChI is InChI=1S/C22H23NO5S/c24-20(15-28-21(25)22(12-13-22)17-7-3-1-4-8-17)23(18-9-5-2-6-10-18)19-11-14-29(26,27)16-19/h1-10,19H,11-16H2/t19-/m0/s1. The molecule has 1 aliphatic heterocycles. The van der Waals surface area contributed by atoms with Gasteiger partial charge < -0.3 is 9.64 Å². The third-order valence-electron chi connectivity index (χ3n) is 5.67. The number of benzene rings is 2. The molecule has 29 heavy (non-hydrogen) atoms. The first-order chi connectivity index (χ1) is 13.9. The Labute approximate surface area is 170 Å². The van der Waals surface area contributed by atoms with Gasteiger partial charge in [0.05, 0.1) is 23.0 Å². The fourth-order valence-electron chi connectivity index (χ4n) is 3.95. The van der Waals surface area contributed by atoms with Crippen molar-refractivity contribution in [1.82, 2.24) is 0 Å². The average molecular weight is 413 g/mol. The van der Waals surface area contributed by atoms with Gasteiger partial charge in [0, 0.05) is 5.69 Å². The predicted octanol–water partition coefficient (Wildman–Crippen LogP) is 2.48. The molecule has 0 bridgehead atoms. The molecule has 0 N–H and O–H groups in total. The maximum absolute atomic E-state index is 13.0. The summed E-state index contributed by atoms with van der Waals surface area (Å²) in [6.07, 6.45) is 1.78. The number of rotatable bonds is 6. The highest BCUT2D eigenvalue weighted by Crippen LogP contribution is 2.49. The van der Waals surface area contributed by atoms with Crippen molar-refractivity contribution in [1.29, 1.82) is 0 Å². The molecule has 1 aliphatic carbocycles. The van der Waals surface area contributed by atoms with E-state index < -0.39 is 39.8 Å². The summed E-state index contributed by atoms with van der Waals surface area (Å²) in [6.45, 7) is -0.404. The summed E-state index contributed by atoms with van der Waals surface area (Å²) >= 11 is 0. The molecule has 6 nitrogen and oxygen atoms in total. The van der Waals surface area contributed by atoms with Crippen molar-refractivity contribution in [2.45, 2.75) is 30.7 Å². The van der Waals surface area contributed by atoms with E-state index in [-0.39, 0.29) is 11.5 Å². The van der Waals surface area contributed by atoms with Crippen LogP contribution in [0.15, 0.2) is 60.7 Å². The lowest BCUT2D eigenvalue weighted by Crippen LogP contribution is -2.44. The number of carbonyl (C=O) groups excluding carboxylic acids is 2. The van der Waals surface area contributed by atoms with E-state index in [9.17, 15) is 18.0 Å². The molecule has 2 aromatic rings. The molecule has 4 rings (SSSR count). The number of hydrogen-bond acceptors (Lipinski definition) is 5. The number of ether oxygens (including phenoxy) is 1. The van der Waals surface area contributed by atoms with Crippen molar-refractivity contribution in [3.05, 3.63) is 66.2 Å². The van der Waals surface area contributed by atoms with Crippen LogP contribution in [0.5, 0.6) is 0 Å². The molecule has 0 spiro atoms. The van der Waals surface area contributed by atoms with E-state index in [4.69, 9.17) is 4.74 Å². The summed E-state index contributed by atoms with van der Waals surface area (Å²) in [6, 6.07) is 17.9. The maximum atomic E-state index is 13.0. The zero-order valence-corrected chi connectivity index (χ0v) is 16.8. The van der Waals surface area contributed by atoms with Gasteiger partial charge in [0.25, 0.3) is 5.91 Å². The van der Waals surface area contributed by atoms with Crippen LogP contribution in [0.2, 0.25) is 0 Å². The molecule has 1 atom stereocenters. The molecule has 2 aliphatic rings. The summed E-state index contributed by atoms with van der Waals surface area (Å²) in [5.74, 6) is -0.819. The van der Waals surface area contributed by atoms with Crippen LogP contribution >= 0.6 is 0 Å². The maximum Gasteiger partial charge on any atom is 0.317 e. The molecule has 2 aromatic carbocycles. The molecular formula is C22H23NO5S. The molecule has 1 saturated carbocycles. The van der Waals surface area contributed by atoms with Crippen molar-refractivity contribution >= 4 is 27.4 Å². The number of anilines is 1. The van der Waals surface area contributed by atoms with E-state index in [2.05, 4.69) is 0 Å². The van der Waals surface area contributed by atoms with Crippen LogP contribution in [0.3, 0.4) is 0 Å². The second kappa shape index (κ2) is 7.63. The second-order valence-electron chi connectivity index (χ2n) is 7.68. The largest absolute Gasteiger partial charge is 0.455 e. The van der Waals surface area contributed by atoms with Crippen LogP contribution in [0.25, 0.3) is 0 Å². The van der Waals surface area contributed by atoms with Crippen LogP contribution in [0.4, 0.5) is 5.69 Å². The monoisotopic (exact) mass is 413 g/mol. The molecule has 1 amide bonds.